The molecule has 0 aromatic carbocycles. The fourth-order valence-corrected chi connectivity index (χ4v) is 2.23. The zero-order valence-electron chi connectivity index (χ0n) is 11.2. The van der Waals surface area contributed by atoms with Gasteiger partial charge >= 0.3 is 0 Å². The first-order valence-electron chi connectivity index (χ1n) is 6.35. The summed E-state index contributed by atoms with van der Waals surface area (Å²) in [5.41, 5.74) is -0.161. The second-order valence-electron chi connectivity index (χ2n) is 5.40. The second kappa shape index (κ2) is 5.17. The highest BCUT2D eigenvalue weighted by Crippen LogP contribution is 2.25. The third-order valence-electron chi connectivity index (χ3n) is 3.49. The van der Waals surface area contributed by atoms with E-state index in [0.717, 1.165) is 19.4 Å². The van der Waals surface area contributed by atoms with E-state index in [1.807, 2.05) is 11.8 Å². The molecule has 1 unspecified atom stereocenters. The van der Waals surface area contributed by atoms with E-state index in [2.05, 4.69) is 27.7 Å². The summed E-state index contributed by atoms with van der Waals surface area (Å²) in [6.45, 7) is 11.7. The minimum atomic E-state index is -0.161. The van der Waals surface area contributed by atoms with Crippen LogP contribution in [0.2, 0.25) is 0 Å². The van der Waals surface area contributed by atoms with Crippen LogP contribution in [0.5, 0.6) is 0 Å². The number of morpholine rings is 1. The molecule has 1 aliphatic heterocycles. The van der Waals surface area contributed by atoms with Crippen molar-refractivity contribution in [3.05, 3.63) is 0 Å². The van der Waals surface area contributed by atoms with Gasteiger partial charge < -0.3 is 9.64 Å². The van der Waals surface area contributed by atoms with E-state index in [4.69, 9.17) is 4.74 Å². The smallest absolute Gasteiger partial charge is 0.226 e. The van der Waals surface area contributed by atoms with Crippen molar-refractivity contribution >= 4 is 5.91 Å². The van der Waals surface area contributed by atoms with Crippen molar-refractivity contribution in [2.75, 3.05) is 13.2 Å². The topological polar surface area (TPSA) is 29.5 Å². The van der Waals surface area contributed by atoms with Gasteiger partial charge in [0.1, 0.15) is 0 Å². The predicted octanol–water partition coefficient (Wildman–Crippen LogP) is 2.45. The lowest BCUT2D eigenvalue weighted by Gasteiger charge is -2.45. The van der Waals surface area contributed by atoms with Crippen LogP contribution in [0.25, 0.3) is 0 Å². The van der Waals surface area contributed by atoms with Gasteiger partial charge in [-0.25, -0.2) is 0 Å². The highest BCUT2D eigenvalue weighted by molar-refractivity contribution is 5.79. The maximum Gasteiger partial charge on any atom is 0.226 e. The number of ether oxygens (including phenoxy) is 1. The van der Waals surface area contributed by atoms with Crippen molar-refractivity contribution in [3.8, 4) is 0 Å². The van der Waals surface area contributed by atoms with Gasteiger partial charge in [-0.1, -0.05) is 13.8 Å². The minimum Gasteiger partial charge on any atom is -0.374 e. The summed E-state index contributed by atoms with van der Waals surface area (Å²) in [5, 5.41) is 0. The largest absolute Gasteiger partial charge is 0.374 e. The van der Waals surface area contributed by atoms with E-state index in [1.54, 1.807) is 0 Å². The molecular formula is C13H25NO2. The Hall–Kier alpha value is -0.570. The Morgan fingerprint density at radius 2 is 2.00 bits per heavy atom. The Morgan fingerprint density at radius 1 is 1.44 bits per heavy atom. The van der Waals surface area contributed by atoms with Gasteiger partial charge in [-0.05, 0) is 33.6 Å². The van der Waals surface area contributed by atoms with Crippen LogP contribution in [0.15, 0.2) is 0 Å². The van der Waals surface area contributed by atoms with Gasteiger partial charge in [0.2, 0.25) is 5.91 Å². The van der Waals surface area contributed by atoms with Crippen LogP contribution in [-0.4, -0.2) is 35.6 Å². The standard InChI is InChI=1S/C13H25NO2/c1-6-11(7-2)12(15)14-8-10(3)16-9-13(14,4)5/h10-11H,6-9H2,1-5H3. The highest BCUT2D eigenvalue weighted by atomic mass is 16.5. The molecule has 3 nitrogen and oxygen atoms in total. The van der Waals surface area contributed by atoms with Crippen molar-refractivity contribution < 1.29 is 9.53 Å². The summed E-state index contributed by atoms with van der Waals surface area (Å²) < 4.78 is 5.63. The molecule has 3 heteroatoms. The van der Waals surface area contributed by atoms with E-state index in [0.29, 0.717) is 12.5 Å². The van der Waals surface area contributed by atoms with Gasteiger partial charge in [0.05, 0.1) is 18.2 Å². The van der Waals surface area contributed by atoms with Gasteiger partial charge in [0.25, 0.3) is 0 Å². The number of nitrogens with zero attached hydrogens (tertiary/aromatic N) is 1. The monoisotopic (exact) mass is 227 g/mol. The summed E-state index contributed by atoms with van der Waals surface area (Å²) in [6.07, 6.45) is 2.01. The lowest BCUT2D eigenvalue weighted by atomic mass is 9.95. The first kappa shape index (κ1) is 13.5. The van der Waals surface area contributed by atoms with Crippen molar-refractivity contribution in [3.63, 3.8) is 0 Å². The Balaban J connectivity index is 2.78. The molecule has 1 atom stereocenters. The average molecular weight is 227 g/mol. The number of carbonyl (C=O) groups is 1. The summed E-state index contributed by atoms with van der Waals surface area (Å²) in [7, 11) is 0. The van der Waals surface area contributed by atoms with Gasteiger partial charge in [-0.15, -0.1) is 0 Å². The summed E-state index contributed by atoms with van der Waals surface area (Å²) in [5.74, 6) is 0.467. The first-order valence-corrected chi connectivity index (χ1v) is 6.35. The summed E-state index contributed by atoms with van der Waals surface area (Å²) >= 11 is 0. The molecule has 0 N–H and O–H groups in total. The molecule has 0 spiro atoms. The Kier molecular flexibility index (Phi) is 4.36. The molecular weight excluding hydrogens is 202 g/mol. The SMILES string of the molecule is CCC(CC)C(=O)N1CC(C)OCC1(C)C. The zero-order valence-corrected chi connectivity index (χ0v) is 11.2. The van der Waals surface area contributed by atoms with Gasteiger partial charge in [0, 0.05) is 12.5 Å². The molecule has 0 aromatic rings. The van der Waals surface area contributed by atoms with Crippen LogP contribution >= 0.6 is 0 Å². The molecule has 1 fully saturated rings. The van der Waals surface area contributed by atoms with Crippen LogP contribution in [-0.2, 0) is 9.53 Å². The van der Waals surface area contributed by atoms with Crippen LogP contribution in [0.3, 0.4) is 0 Å². The molecule has 1 aliphatic rings. The third-order valence-corrected chi connectivity index (χ3v) is 3.49. The fraction of sp³-hybridized carbons (Fsp3) is 0.923. The zero-order chi connectivity index (χ0) is 12.3. The number of rotatable bonds is 3. The predicted molar refractivity (Wildman–Crippen MR) is 65.3 cm³/mol. The average Bonchev–Trinajstić information content (AvgIpc) is 2.23. The lowest BCUT2D eigenvalue weighted by Crippen LogP contribution is -2.59. The van der Waals surface area contributed by atoms with E-state index in [-0.39, 0.29) is 17.6 Å². The van der Waals surface area contributed by atoms with Crippen LogP contribution in [0, 0.1) is 5.92 Å². The molecule has 1 saturated heterocycles. The van der Waals surface area contributed by atoms with Crippen LogP contribution < -0.4 is 0 Å². The molecule has 0 aliphatic carbocycles. The quantitative estimate of drug-likeness (QED) is 0.741. The van der Waals surface area contributed by atoms with Crippen molar-refractivity contribution in [1.82, 2.24) is 4.90 Å². The second-order valence-corrected chi connectivity index (χ2v) is 5.40. The van der Waals surface area contributed by atoms with Crippen molar-refractivity contribution in [2.24, 2.45) is 5.92 Å². The van der Waals surface area contributed by atoms with E-state index >= 15 is 0 Å². The molecule has 0 saturated carbocycles. The molecule has 1 rings (SSSR count). The van der Waals surface area contributed by atoms with Gasteiger partial charge in [-0.3, -0.25) is 4.79 Å². The summed E-state index contributed by atoms with van der Waals surface area (Å²) in [4.78, 5) is 14.4. The molecule has 94 valence electrons. The van der Waals surface area contributed by atoms with Crippen LogP contribution in [0.1, 0.15) is 47.5 Å². The Labute approximate surface area is 99.1 Å². The van der Waals surface area contributed by atoms with Gasteiger partial charge in [-0.2, -0.15) is 0 Å². The molecule has 0 aromatic heterocycles. The van der Waals surface area contributed by atoms with Crippen LogP contribution in [0.4, 0.5) is 0 Å². The molecule has 1 amide bonds. The summed E-state index contributed by atoms with van der Waals surface area (Å²) in [6, 6.07) is 0. The third kappa shape index (κ3) is 2.76. The first-order chi connectivity index (χ1) is 7.42. The highest BCUT2D eigenvalue weighted by Gasteiger charge is 2.38. The van der Waals surface area contributed by atoms with E-state index < -0.39 is 0 Å². The Bertz CT molecular complexity index is 246. The molecule has 0 bridgehead atoms. The fourth-order valence-electron chi connectivity index (χ4n) is 2.23. The maximum absolute atomic E-state index is 12.4. The molecule has 0 radical (unpaired) electrons. The lowest BCUT2D eigenvalue weighted by molar-refractivity contribution is -0.157. The number of hydrogen-bond acceptors (Lipinski definition) is 2. The normalized spacial score (nSPS) is 24.9. The van der Waals surface area contributed by atoms with Gasteiger partial charge in [0.15, 0.2) is 0 Å². The molecule has 16 heavy (non-hydrogen) atoms. The molecule has 1 heterocycles. The Morgan fingerprint density at radius 3 is 2.50 bits per heavy atom. The van der Waals surface area contributed by atoms with E-state index in [9.17, 15) is 4.79 Å². The number of amides is 1. The minimum absolute atomic E-state index is 0.159. The van der Waals surface area contributed by atoms with E-state index in [1.165, 1.54) is 0 Å². The van der Waals surface area contributed by atoms with Crippen molar-refractivity contribution in [2.45, 2.75) is 59.1 Å². The van der Waals surface area contributed by atoms with Crippen molar-refractivity contribution in [1.29, 1.82) is 0 Å². The maximum atomic E-state index is 12.4. The number of hydrogen-bond donors (Lipinski definition) is 0. The number of carbonyl (C=O) groups excluding carboxylic acids is 1.